The van der Waals surface area contributed by atoms with Gasteiger partial charge in [0.2, 0.25) is 0 Å². The second-order valence-electron chi connectivity index (χ2n) is 7.40. The van der Waals surface area contributed by atoms with Crippen molar-refractivity contribution in [3.63, 3.8) is 0 Å². The van der Waals surface area contributed by atoms with Gasteiger partial charge in [0.1, 0.15) is 5.75 Å². The number of hydrogen-bond acceptors (Lipinski definition) is 4. The molecule has 0 aliphatic heterocycles. The molecule has 0 bridgehead atoms. The molecular formula is C22H23N3O2. The van der Waals surface area contributed by atoms with Gasteiger partial charge in [0.15, 0.2) is 0 Å². The van der Waals surface area contributed by atoms with E-state index in [2.05, 4.69) is 28.3 Å². The highest BCUT2D eigenvalue weighted by Gasteiger charge is 2.15. The molecule has 3 rings (SSSR count). The van der Waals surface area contributed by atoms with Gasteiger partial charge in [-0.25, -0.2) is 9.97 Å². The van der Waals surface area contributed by atoms with Crippen LogP contribution in [0.15, 0.2) is 60.9 Å². The number of nitrogens with zero attached hydrogens (tertiary/aromatic N) is 2. The summed E-state index contributed by atoms with van der Waals surface area (Å²) in [5.41, 5.74) is 3.50. The Balaban J connectivity index is 1.69. The summed E-state index contributed by atoms with van der Waals surface area (Å²) < 4.78 is 5.68. The van der Waals surface area contributed by atoms with Crippen LogP contribution in [0, 0.1) is 6.92 Å². The number of amides is 1. The molecule has 27 heavy (non-hydrogen) atoms. The summed E-state index contributed by atoms with van der Waals surface area (Å²) in [6, 6.07) is 15.3. The van der Waals surface area contributed by atoms with Crippen molar-refractivity contribution in [2.75, 3.05) is 0 Å². The molecule has 5 nitrogen and oxygen atoms in total. The van der Waals surface area contributed by atoms with Crippen LogP contribution in [-0.4, -0.2) is 21.4 Å². The van der Waals surface area contributed by atoms with Gasteiger partial charge in [0.25, 0.3) is 5.91 Å². The first-order valence-corrected chi connectivity index (χ1v) is 8.80. The molecule has 3 aromatic rings. The quantitative estimate of drug-likeness (QED) is 0.727. The maximum Gasteiger partial charge on any atom is 0.321 e. The Bertz CT molecular complexity index is 927. The molecule has 5 heteroatoms. The van der Waals surface area contributed by atoms with E-state index in [9.17, 15) is 4.79 Å². The molecule has 1 N–H and O–H groups in total. The third-order valence-electron chi connectivity index (χ3n) is 3.90. The summed E-state index contributed by atoms with van der Waals surface area (Å²) in [5, 5.41) is 2.93. The number of aromatic nitrogens is 2. The lowest BCUT2D eigenvalue weighted by Crippen LogP contribution is -2.40. The fraction of sp³-hybridized carbons (Fsp3) is 0.227. The largest absolute Gasteiger partial charge is 0.424 e. The molecule has 2 aromatic carbocycles. The van der Waals surface area contributed by atoms with Crippen LogP contribution in [0.4, 0.5) is 0 Å². The second kappa shape index (κ2) is 7.58. The van der Waals surface area contributed by atoms with Gasteiger partial charge in [-0.05, 0) is 63.1 Å². The van der Waals surface area contributed by atoms with Crippen LogP contribution >= 0.6 is 0 Å². The number of carbonyl (C=O) groups is 1. The fourth-order valence-corrected chi connectivity index (χ4v) is 2.60. The van der Waals surface area contributed by atoms with Gasteiger partial charge < -0.3 is 10.1 Å². The Morgan fingerprint density at radius 3 is 2.19 bits per heavy atom. The van der Waals surface area contributed by atoms with Crippen LogP contribution in [0.5, 0.6) is 11.8 Å². The molecular weight excluding hydrogens is 338 g/mol. The number of hydrogen-bond donors (Lipinski definition) is 1. The van der Waals surface area contributed by atoms with E-state index in [1.54, 1.807) is 36.7 Å². The topological polar surface area (TPSA) is 64.1 Å². The molecule has 1 aromatic heterocycles. The van der Waals surface area contributed by atoms with Gasteiger partial charge in [0, 0.05) is 29.1 Å². The minimum Gasteiger partial charge on any atom is -0.424 e. The van der Waals surface area contributed by atoms with E-state index in [0.717, 1.165) is 11.1 Å². The van der Waals surface area contributed by atoms with Crippen molar-refractivity contribution in [3.8, 4) is 22.9 Å². The van der Waals surface area contributed by atoms with E-state index in [1.807, 2.05) is 39.0 Å². The first kappa shape index (κ1) is 18.6. The lowest BCUT2D eigenvalue weighted by atomic mass is 10.0. The minimum absolute atomic E-state index is 0.118. The minimum atomic E-state index is -0.279. The van der Waals surface area contributed by atoms with Gasteiger partial charge in [-0.2, -0.15) is 0 Å². The van der Waals surface area contributed by atoms with Crippen LogP contribution in [-0.2, 0) is 0 Å². The normalized spacial score (nSPS) is 11.1. The third-order valence-corrected chi connectivity index (χ3v) is 3.90. The Labute approximate surface area is 159 Å². The number of ether oxygens (including phenoxy) is 1. The lowest BCUT2D eigenvalue weighted by molar-refractivity contribution is 0.0919. The van der Waals surface area contributed by atoms with Crippen molar-refractivity contribution in [1.29, 1.82) is 0 Å². The van der Waals surface area contributed by atoms with E-state index in [4.69, 9.17) is 4.74 Å². The molecule has 138 valence electrons. The summed E-state index contributed by atoms with van der Waals surface area (Å²) in [5.74, 6) is 0.457. The number of rotatable bonds is 4. The van der Waals surface area contributed by atoms with Gasteiger partial charge in [0.05, 0.1) is 0 Å². The van der Waals surface area contributed by atoms with E-state index in [1.165, 1.54) is 5.56 Å². The molecule has 0 saturated carbocycles. The maximum absolute atomic E-state index is 12.2. The van der Waals surface area contributed by atoms with Crippen molar-refractivity contribution < 1.29 is 9.53 Å². The molecule has 1 amide bonds. The first-order valence-electron chi connectivity index (χ1n) is 8.80. The number of benzene rings is 2. The van der Waals surface area contributed by atoms with Crippen molar-refractivity contribution >= 4 is 5.91 Å². The third kappa shape index (κ3) is 4.91. The summed E-state index contributed by atoms with van der Waals surface area (Å²) >= 11 is 0. The molecule has 0 radical (unpaired) electrons. The standard InChI is InChI=1S/C22H23N3O2/c1-15-7-5-6-8-19(15)17-13-23-21(24-14-17)27-18-11-9-16(10-12-18)20(26)25-22(2,3)4/h5-14H,1-4H3,(H,25,26). The zero-order valence-corrected chi connectivity index (χ0v) is 16.0. The molecule has 1 heterocycles. The highest BCUT2D eigenvalue weighted by Crippen LogP contribution is 2.24. The summed E-state index contributed by atoms with van der Waals surface area (Å²) in [6.07, 6.45) is 3.49. The Hall–Kier alpha value is -3.21. The van der Waals surface area contributed by atoms with Crippen molar-refractivity contribution in [2.45, 2.75) is 33.2 Å². The van der Waals surface area contributed by atoms with Crippen LogP contribution in [0.3, 0.4) is 0 Å². The van der Waals surface area contributed by atoms with Gasteiger partial charge in [-0.3, -0.25) is 4.79 Å². The molecule has 0 saturated heterocycles. The SMILES string of the molecule is Cc1ccccc1-c1cnc(Oc2ccc(C(=O)NC(C)(C)C)cc2)nc1. The van der Waals surface area contributed by atoms with Gasteiger partial charge in [-0.15, -0.1) is 0 Å². The van der Waals surface area contributed by atoms with E-state index in [0.29, 0.717) is 11.3 Å². The average molecular weight is 361 g/mol. The fourth-order valence-electron chi connectivity index (χ4n) is 2.60. The Morgan fingerprint density at radius 2 is 1.59 bits per heavy atom. The highest BCUT2D eigenvalue weighted by atomic mass is 16.5. The molecule has 0 unspecified atom stereocenters. The second-order valence-corrected chi connectivity index (χ2v) is 7.40. The Kier molecular flexibility index (Phi) is 5.21. The average Bonchev–Trinajstić information content (AvgIpc) is 2.62. The lowest BCUT2D eigenvalue weighted by Gasteiger charge is -2.20. The van der Waals surface area contributed by atoms with Crippen molar-refractivity contribution in [3.05, 3.63) is 72.1 Å². The monoisotopic (exact) mass is 361 g/mol. The zero-order chi connectivity index (χ0) is 19.4. The van der Waals surface area contributed by atoms with Crippen LogP contribution in [0.1, 0.15) is 36.7 Å². The maximum atomic E-state index is 12.2. The van der Waals surface area contributed by atoms with E-state index < -0.39 is 0 Å². The smallest absolute Gasteiger partial charge is 0.321 e. The van der Waals surface area contributed by atoms with Crippen LogP contribution in [0.25, 0.3) is 11.1 Å². The van der Waals surface area contributed by atoms with E-state index in [-0.39, 0.29) is 17.5 Å². The zero-order valence-electron chi connectivity index (χ0n) is 16.0. The molecule has 0 atom stereocenters. The summed E-state index contributed by atoms with van der Waals surface area (Å²) in [7, 11) is 0. The number of nitrogens with one attached hydrogen (secondary N) is 1. The predicted octanol–water partition coefficient (Wildman–Crippen LogP) is 4.77. The van der Waals surface area contributed by atoms with Crippen LogP contribution in [0.2, 0.25) is 0 Å². The first-order chi connectivity index (χ1) is 12.8. The van der Waals surface area contributed by atoms with Gasteiger partial charge >= 0.3 is 6.01 Å². The number of aryl methyl sites for hydroxylation is 1. The number of carbonyl (C=O) groups excluding carboxylic acids is 1. The van der Waals surface area contributed by atoms with Crippen LogP contribution < -0.4 is 10.1 Å². The van der Waals surface area contributed by atoms with Gasteiger partial charge in [-0.1, -0.05) is 24.3 Å². The predicted molar refractivity (Wildman–Crippen MR) is 106 cm³/mol. The highest BCUT2D eigenvalue weighted by molar-refractivity contribution is 5.94. The Morgan fingerprint density at radius 1 is 0.963 bits per heavy atom. The van der Waals surface area contributed by atoms with E-state index >= 15 is 0 Å². The molecule has 0 aliphatic rings. The molecule has 0 spiro atoms. The van der Waals surface area contributed by atoms with Crippen molar-refractivity contribution in [1.82, 2.24) is 15.3 Å². The molecule has 0 aliphatic carbocycles. The van der Waals surface area contributed by atoms with Crippen molar-refractivity contribution in [2.24, 2.45) is 0 Å². The summed E-state index contributed by atoms with van der Waals surface area (Å²) in [6.45, 7) is 7.89. The molecule has 0 fully saturated rings. The summed E-state index contributed by atoms with van der Waals surface area (Å²) in [4.78, 5) is 20.7.